The zero-order valence-corrected chi connectivity index (χ0v) is 20.9. The van der Waals surface area contributed by atoms with Gasteiger partial charge in [-0.15, -0.1) is 0 Å². The van der Waals surface area contributed by atoms with E-state index in [-0.39, 0.29) is 18.7 Å². The number of hydrogen-bond acceptors (Lipinski definition) is 8. The van der Waals surface area contributed by atoms with Crippen LogP contribution in [0.25, 0.3) is 11.2 Å². The molecule has 0 atom stereocenters. The van der Waals surface area contributed by atoms with Crippen LogP contribution < -0.4 is 21.3 Å². The largest absolute Gasteiger partial charge is 0.392 e. The van der Waals surface area contributed by atoms with Gasteiger partial charge in [-0.05, 0) is 44.4 Å². The second-order valence-electron chi connectivity index (χ2n) is 9.57. The second kappa shape index (κ2) is 10.5. The lowest BCUT2D eigenvalue weighted by Crippen LogP contribution is -2.40. The minimum Gasteiger partial charge on any atom is -0.392 e. The van der Waals surface area contributed by atoms with Gasteiger partial charge < -0.3 is 30.9 Å². The maximum Gasteiger partial charge on any atom is 0.229 e. The van der Waals surface area contributed by atoms with Crippen molar-refractivity contribution >= 4 is 34.3 Å². The highest BCUT2D eigenvalue weighted by atomic mass is 16.3. The molecule has 0 saturated carbocycles. The summed E-state index contributed by atoms with van der Waals surface area (Å²) < 4.78 is 2.09. The number of aromatic nitrogens is 4. The zero-order chi connectivity index (χ0) is 25.1. The molecule has 1 aliphatic heterocycles. The lowest BCUT2D eigenvalue weighted by Gasteiger charge is -2.30. The van der Waals surface area contributed by atoms with E-state index >= 15 is 0 Å². The van der Waals surface area contributed by atoms with Crippen molar-refractivity contribution < 1.29 is 5.11 Å². The number of benzene rings is 2. The van der Waals surface area contributed by atoms with E-state index in [9.17, 15) is 5.11 Å². The predicted octanol–water partition coefficient (Wildman–Crippen LogP) is 4.18. The third-order valence-electron chi connectivity index (χ3n) is 6.71. The van der Waals surface area contributed by atoms with Gasteiger partial charge in [0.2, 0.25) is 5.95 Å². The molecule has 1 fully saturated rings. The number of nitrogens with zero attached hydrogens (tertiary/aromatic N) is 5. The first-order valence-electron chi connectivity index (χ1n) is 12.6. The molecule has 3 heterocycles. The van der Waals surface area contributed by atoms with Gasteiger partial charge in [-0.25, -0.2) is 4.98 Å². The van der Waals surface area contributed by atoms with E-state index in [2.05, 4.69) is 45.0 Å². The first-order chi connectivity index (χ1) is 17.5. The fraction of sp³-hybridized carbons (Fsp3) is 0.370. The van der Waals surface area contributed by atoms with E-state index in [1.165, 1.54) is 0 Å². The molecular formula is C27H34N8O. The van der Waals surface area contributed by atoms with Crippen LogP contribution in [-0.4, -0.2) is 43.8 Å². The molecule has 9 nitrogen and oxygen atoms in total. The fourth-order valence-corrected chi connectivity index (χ4v) is 4.55. The molecule has 188 valence electrons. The lowest BCUT2D eigenvalue weighted by molar-refractivity contribution is 0.282. The smallest absolute Gasteiger partial charge is 0.229 e. The van der Waals surface area contributed by atoms with Crippen LogP contribution in [0, 0.1) is 0 Å². The summed E-state index contributed by atoms with van der Waals surface area (Å²) in [4.78, 5) is 16.7. The summed E-state index contributed by atoms with van der Waals surface area (Å²) in [7, 11) is 0. The summed E-state index contributed by atoms with van der Waals surface area (Å²) in [6.45, 7) is 6.47. The molecule has 1 aliphatic rings. The first kappa shape index (κ1) is 24.0. The van der Waals surface area contributed by atoms with Gasteiger partial charge in [0.25, 0.3) is 0 Å². The van der Waals surface area contributed by atoms with Crippen LogP contribution in [0.2, 0.25) is 0 Å². The van der Waals surface area contributed by atoms with Crippen LogP contribution in [0.15, 0.2) is 54.9 Å². The average Bonchev–Trinajstić information content (AvgIpc) is 3.33. The second-order valence-corrected chi connectivity index (χ2v) is 9.57. The third-order valence-corrected chi connectivity index (χ3v) is 6.71. The molecule has 5 rings (SSSR count). The summed E-state index contributed by atoms with van der Waals surface area (Å²) in [5, 5.41) is 16.7. The molecule has 4 aromatic rings. The molecule has 0 bridgehead atoms. The summed E-state index contributed by atoms with van der Waals surface area (Å²) in [6.07, 6.45) is 3.70. The number of para-hydroxylation sites is 2. The van der Waals surface area contributed by atoms with Crippen molar-refractivity contribution in [2.45, 2.75) is 51.9 Å². The Labute approximate surface area is 211 Å². The van der Waals surface area contributed by atoms with Gasteiger partial charge >= 0.3 is 0 Å². The average molecular weight is 487 g/mol. The standard InChI is InChI=1S/C27H34N8O/c1-18(2)35-17-30-24-25(32-27(33-26(24)35)34-13-11-21(28)12-14-34)29-15-19-7-3-5-9-22(19)31-23-10-6-4-8-20(23)16-36/h3-10,17-18,21,31,36H,11-16,28H2,1-2H3,(H,29,32,33). The Morgan fingerprint density at radius 1 is 1.00 bits per heavy atom. The van der Waals surface area contributed by atoms with Crippen molar-refractivity contribution in [1.29, 1.82) is 0 Å². The van der Waals surface area contributed by atoms with E-state index in [1.807, 2.05) is 48.8 Å². The summed E-state index contributed by atoms with van der Waals surface area (Å²) in [5.41, 5.74) is 11.5. The summed E-state index contributed by atoms with van der Waals surface area (Å²) >= 11 is 0. The quantitative estimate of drug-likeness (QED) is 0.293. The van der Waals surface area contributed by atoms with Crippen LogP contribution >= 0.6 is 0 Å². The van der Waals surface area contributed by atoms with Crippen LogP contribution in [0.1, 0.15) is 43.9 Å². The molecule has 0 amide bonds. The lowest BCUT2D eigenvalue weighted by atomic mass is 10.1. The van der Waals surface area contributed by atoms with Gasteiger partial charge in [0.05, 0.1) is 12.9 Å². The number of piperidine rings is 1. The minimum atomic E-state index is -0.0226. The van der Waals surface area contributed by atoms with Crippen LogP contribution in [0.5, 0.6) is 0 Å². The molecule has 0 radical (unpaired) electrons. The van der Waals surface area contributed by atoms with Crippen molar-refractivity contribution in [2.24, 2.45) is 5.73 Å². The van der Waals surface area contributed by atoms with E-state index in [0.29, 0.717) is 12.5 Å². The van der Waals surface area contributed by atoms with Gasteiger partial charge in [-0.2, -0.15) is 9.97 Å². The molecule has 36 heavy (non-hydrogen) atoms. The molecule has 1 saturated heterocycles. The van der Waals surface area contributed by atoms with Gasteiger partial charge in [-0.1, -0.05) is 36.4 Å². The Bertz CT molecular complexity index is 1330. The number of anilines is 4. The number of hydrogen-bond donors (Lipinski definition) is 4. The minimum absolute atomic E-state index is 0.0226. The Morgan fingerprint density at radius 3 is 2.36 bits per heavy atom. The SMILES string of the molecule is CC(C)n1cnc2c(NCc3ccccc3Nc3ccccc3CO)nc(N3CCC(N)CC3)nc21. The Kier molecular flexibility index (Phi) is 7.02. The van der Waals surface area contributed by atoms with Gasteiger partial charge in [0.15, 0.2) is 17.0 Å². The van der Waals surface area contributed by atoms with Crippen molar-refractivity contribution in [2.75, 3.05) is 28.6 Å². The highest BCUT2D eigenvalue weighted by molar-refractivity contribution is 5.84. The molecule has 0 unspecified atom stereocenters. The van der Waals surface area contributed by atoms with Gasteiger partial charge in [0.1, 0.15) is 0 Å². The van der Waals surface area contributed by atoms with Crippen molar-refractivity contribution in [3.63, 3.8) is 0 Å². The number of fused-ring (bicyclic) bond motifs is 1. The van der Waals surface area contributed by atoms with Gasteiger partial charge in [-0.3, -0.25) is 0 Å². The fourth-order valence-electron chi connectivity index (χ4n) is 4.55. The van der Waals surface area contributed by atoms with E-state index in [0.717, 1.165) is 65.4 Å². The normalized spacial score (nSPS) is 14.5. The Hall–Kier alpha value is -3.69. The number of aliphatic hydroxyl groups excluding tert-OH is 1. The van der Waals surface area contributed by atoms with Crippen molar-refractivity contribution in [3.05, 3.63) is 66.0 Å². The number of aliphatic hydroxyl groups is 1. The maximum atomic E-state index is 9.72. The molecular weight excluding hydrogens is 452 g/mol. The highest BCUT2D eigenvalue weighted by Crippen LogP contribution is 2.28. The maximum absolute atomic E-state index is 9.72. The number of imidazole rings is 1. The van der Waals surface area contributed by atoms with Crippen molar-refractivity contribution in [3.8, 4) is 0 Å². The number of nitrogens with one attached hydrogen (secondary N) is 2. The molecule has 2 aromatic heterocycles. The topological polar surface area (TPSA) is 117 Å². The van der Waals surface area contributed by atoms with E-state index in [1.54, 1.807) is 0 Å². The number of nitrogens with two attached hydrogens (primary N) is 1. The van der Waals surface area contributed by atoms with Gasteiger partial charge in [0, 0.05) is 48.7 Å². The Balaban J connectivity index is 1.45. The zero-order valence-electron chi connectivity index (χ0n) is 20.9. The third kappa shape index (κ3) is 4.98. The predicted molar refractivity (Wildman–Crippen MR) is 145 cm³/mol. The number of rotatable bonds is 8. The van der Waals surface area contributed by atoms with Crippen LogP contribution in [-0.2, 0) is 13.2 Å². The molecule has 0 spiro atoms. The van der Waals surface area contributed by atoms with Crippen LogP contribution in [0.4, 0.5) is 23.1 Å². The Morgan fingerprint density at radius 2 is 1.67 bits per heavy atom. The molecule has 2 aromatic carbocycles. The molecule has 5 N–H and O–H groups in total. The molecule has 0 aliphatic carbocycles. The van der Waals surface area contributed by atoms with Crippen molar-refractivity contribution in [1.82, 2.24) is 19.5 Å². The van der Waals surface area contributed by atoms with E-state index in [4.69, 9.17) is 15.7 Å². The molecule has 9 heteroatoms. The summed E-state index contributed by atoms with van der Waals surface area (Å²) in [6, 6.07) is 16.4. The highest BCUT2D eigenvalue weighted by Gasteiger charge is 2.22. The summed E-state index contributed by atoms with van der Waals surface area (Å²) in [5.74, 6) is 1.43. The monoisotopic (exact) mass is 486 g/mol. The van der Waals surface area contributed by atoms with E-state index < -0.39 is 0 Å². The first-order valence-corrected chi connectivity index (χ1v) is 12.6. The van der Waals surface area contributed by atoms with Crippen LogP contribution in [0.3, 0.4) is 0 Å².